The molecule has 0 amide bonds. The van der Waals surface area contributed by atoms with Gasteiger partial charge in [-0.3, -0.25) is 4.68 Å². The molecule has 0 saturated carbocycles. The second-order valence-corrected chi connectivity index (χ2v) is 4.14. The van der Waals surface area contributed by atoms with E-state index < -0.39 is 11.5 Å². The number of carbonyl (C=O) groups is 1. The lowest BCUT2D eigenvalue weighted by atomic mass is 9.89. The summed E-state index contributed by atoms with van der Waals surface area (Å²) in [6.07, 6.45) is 3.25. The van der Waals surface area contributed by atoms with Crippen LogP contribution in [-0.2, 0) is 10.3 Å². The van der Waals surface area contributed by atoms with Crippen molar-refractivity contribution >= 4 is 5.97 Å². The second kappa shape index (κ2) is 4.05. The van der Waals surface area contributed by atoms with Crippen molar-refractivity contribution in [3.8, 4) is 0 Å². The van der Waals surface area contributed by atoms with Crippen LogP contribution in [0.25, 0.3) is 0 Å². The quantitative estimate of drug-likeness (QED) is 0.877. The van der Waals surface area contributed by atoms with Crippen LogP contribution in [0.3, 0.4) is 0 Å². The summed E-state index contributed by atoms with van der Waals surface area (Å²) in [5.41, 5.74) is 0.513. The highest BCUT2D eigenvalue weighted by Crippen LogP contribution is 2.28. The first-order valence-corrected chi connectivity index (χ1v) is 5.36. The fourth-order valence-corrected chi connectivity index (χ4v) is 1.99. The molecule has 0 aliphatic carbocycles. The summed E-state index contributed by atoms with van der Waals surface area (Å²) >= 11 is 0. The van der Waals surface area contributed by atoms with Crippen LogP contribution in [0, 0.1) is 6.92 Å². The number of benzene rings is 1. The maximum atomic E-state index is 11.6. The van der Waals surface area contributed by atoms with Gasteiger partial charge in [-0.1, -0.05) is 24.3 Å². The topological polar surface area (TPSA) is 55.1 Å². The predicted molar refractivity (Wildman–Crippen MR) is 63.8 cm³/mol. The molecule has 17 heavy (non-hydrogen) atoms. The first-order valence-electron chi connectivity index (χ1n) is 5.36. The number of aromatic nitrogens is 2. The normalized spacial score (nSPS) is 14.2. The monoisotopic (exact) mass is 230 g/mol. The zero-order valence-electron chi connectivity index (χ0n) is 9.79. The van der Waals surface area contributed by atoms with E-state index in [4.69, 9.17) is 0 Å². The number of aryl methyl sites for hydroxylation is 1. The number of rotatable bonds is 3. The number of carboxylic acids is 1. The Bertz CT molecular complexity index is 534. The van der Waals surface area contributed by atoms with Crippen molar-refractivity contribution in [2.45, 2.75) is 19.4 Å². The summed E-state index contributed by atoms with van der Waals surface area (Å²) in [6, 6.07) is 9.18. The Morgan fingerprint density at radius 1 is 1.35 bits per heavy atom. The van der Waals surface area contributed by atoms with Crippen LogP contribution in [0.4, 0.5) is 0 Å². The Labute approximate surface area is 99.5 Å². The highest BCUT2D eigenvalue weighted by molar-refractivity contribution is 5.81. The number of aliphatic carboxylic acids is 1. The summed E-state index contributed by atoms with van der Waals surface area (Å²) in [6.45, 7) is 3.56. The molecule has 0 aliphatic rings. The van der Waals surface area contributed by atoms with E-state index in [-0.39, 0.29) is 0 Å². The molecular weight excluding hydrogens is 216 g/mol. The molecule has 88 valence electrons. The molecule has 1 atom stereocenters. The van der Waals surface area contributed by atoms with Gasteiger partial charge in [0.15, 0.2) is 5.54 Å². The average molecular weight is 230 g/mol. The van der Waals surface area contributed by atoms with E-state index in [1.165, 1.54) is 4.68 Å². The smallest absolute Gasteiger partial charge is 0.336 e. The fraction of sp³-hybridized carbons (Fsp3) is 0.231. The van der Waals surface area contributed by atoms with Crippen molar-refractivity contribution in [1.29, 1.82) is 0 Å². The fourth-order valence-electron chi connectivity index (χ4n) is 1.99. The molecule has 0 fully saturated rings. The van der Waals surface area contributed by atoms with E-state index in [1.54, 1.807) is 25.4 Å². The molecule has 0 radical (unpaired) electrons. The van der Waals surface area contributed by atoms with E-state index in [1.807, 2.05) is 31.2 Å². The molecule has 2 rings (SSSR count). The number of hydrogen-bond acceptors (Lipinski definition) is 2. The molecule has 0 aliphatic heterocycles. The first-order chi connectivity index (χ1) is 8.06. The molecule has 1 unspecified atom stereocenters. The van der Waals surface area contributed by atoms with Crippen molar-refractivity contribution in [1.82, 2.24) is 9.78 Å². The third-order valence-corrected chi connectivity index (χ3v) is 3.05. The number of nitrogens with zero attached hydrogens (tertiary/aromatic N) is 2. The van der Waals surface area contributed by atoms with Crippen molar-refractivity contribution in [3.63, 3.8) is 0 Å². The zero-order chi connectivity index (χ0) is 12.5. The van der Waals surface area contributed by atoms with Crippen molar-refractivity contribution in [3.05, 3.63) is 53.9 Å². The standard InChI is InChI=1S/C13H14N2O2/c1-10-6-3-4-7-11(10)13(2,12(16)17)15-9-5-8-14-15/h3-9H,1-2H3,(H,16,17). The third kappa shape index (κ3) is 1.71. The summed E-state index contributed by atoms with van der Waals surface area (Å²) in [4.78, 5) is 11.6. The molecule has 4 heteroatoms. The van der Waals surface area contributed by atoms with Crippen LogP contribution in [-0.4, -0.2) is 20.9 Å². The number of carboxylic acid groups (broad SMARTS) is 1. The predicted octanol–water partition coefficient (Wildman–Crippen LogP) is 2.04. The highest BCUT2D eigenvalue weighted by atomic mass is 16.4. The number of hydrogen-bond donors (Lipinski definition) is 1. The largest absolute Gasteiger partial charge is 0.479 e. The van der Waals surface area contributed by atoms with Crippen molar-refractivity contribution < 1.29 is 9.90 Å². The van der Waals surface area contributed by atoms with Gasteiger partial charge in [0.1, 0.15) is 0 Å². The van der Waals surface area contributed by atoms with E-state index >= 15 is 0 Å². The molecule has 0 bridgehead atoms. The van der Waals surface area contributed by atoms with Gasteiger partial charge in [0.2, 0.25) is 0 Å². The molecule has 0 saturated heterocycles. The maximum Gasteiger partial charge on any atom is 0.336 e. The Morgan fingerprint density at radius 3 is 2.59 bits per heavy atom. The Morgan fingerprint density at radius 2 is 2.06 bits per heavy atom. The lowest BCUT2D eigenvalue weighted by molar-refractivity contribution is -0.144. The van der Waals surface area contributed by atoms with E-state index in [9.17, 15) is 9.90 Å². The van der Waals surface area contributed by atoms with Crippen LogP contribution < -0.4 is 0 Å². The summed E-state index contributed by atoms with van der Waals surface area (Å²) in [5.74, 6) is -0.921. The minimum Gasteiger partial charge on any atom is -0.479 e. The molecule has 1 aromatic heterocycles. The summed E-state index contributed by atoms with van der Waals surface area (Å²) in [7, 11) is 0. The summed E-state index contributed by atoms with van der Waals surface area (Å²) in [5, 5.41) is 13.6. The molecule has 0 spiro atoms. The van der Waals surface area contributed by atoms with Crippen LogP contribution in [0.15, 0.2) is 42.7 Å². The van der Waals surface area contributed by atoms with Crippen LogP contribution in [0.1, 0.15) is 18.1 Å². The van der Waals surface area contributed by atoms with E-state index in [0.717, 1.165) is 11.1 Å². The van der Waals surface area contributed by atoms with Gasteiger partial charge in [0.05, 0.1) is 0 Å². The van der Waals surface area contributed by atoms with Gasteiger partial charge in [-0.2, -0.15) is 5.10 Å². The molecular formula is C13H14N2O2. The lowest BCUT2D eigenvalue weighted by Crippen LogP contribution is -2.41. The SMILES string of the molecule is Cc1ccccc1C(C)(C(=O)O)n1cccn1. The van der Waals surface area contributed by atoms with Gasteiger partial charge in [0, 0.05) is 12.4 Å². The van der Waals surface area contributed by atoms with Gasteiger partial charge >= 0.3 is 5.97 Å². The Balaban J connectivity index is 2.65. The average Bonchev–Trinajstić information content (AvgIpc) is 2.82. The summed E-state index contributed by atoms with van der Waals surface area (Å²) < 4.78 is 1.47. The van der Waals surface area contributed by atoms with E-state index in [0.29, 0.717) is 0 Å². The molecule has 1 aromatic carbocycles. The van der Waals surface area contributed by atoms with Gasteiger partial charge in [-0.15, -0.1) is 0 Å². The van der Waals surface area contributed by atoms with Crippen LogP contribution in [0.5, 0.6) is 0 Å². The minimum absolute atomic E-state index is 0.746. The lowest BCUT2D eigenvalue weighted by Gasteiger charge is -2.27. The van der Waals surface area contributed by atoms with Crippen molar-refractivity contribution in [2.24, 2.45) is 0 Å². The van der Waals surface area contributed by atoms with Gasteiger partial charge in [-0.05, 0) is 31.0 Å². The Kier molecular flexibility index (Phi) is 2.71. The molecule has 1 heterocycles. The van der Waals surface area contributed by atoms with Crippen LogP contribution in [0.2, 0.25) is 0 Å². The third-order valence-electron chi connectivity index (χ3n) is 3.05. The van der Waals surface area contributed by atoms with Gasteiger partial charge in [-0.25, -0.2) is 4.79 Å². The van der Waals surface area contributed by atoms with Gasteiger partial charge < -0.3 is 5.11 Å². The minimum atomic E-state index is -1.17. The van der Waals surface area contributed by atoms with Crippen molar-refractivity contribution in [2.75, 3.05) is 0 Å². The molecule has 1 N–H and O–H groups in total. The van der Waals surface area contributed by atoms with Gasteiger partial charge in [0.25, 0.3) is 0 Å². The van der Waals surface area contributed by atoms with Crippen LogP contribution >= 0.6 is 0 Å². The first kappa shape index (κ1) is 11.4. The van der Waals surface area contributed by atoms with E-state index in [2.05, 4.69) is 5.10 Å². The zero-order valence-corrected chi connectivity index (χ0v) is 9.79. The molecule has 2 aromatic rings. The highest BCUT2D eigenvalue weighted by Gasteiger charge is 2.38. The molecule has 4 nitrogen and oxygen atoms in total. The Hall–Kier alpha value is -2.10. The second-order valence-electron chi connectivity index (χ2n) is 4.14. The maximum absolute atomic E-state index is 11.6.